The molecule has 0 aromatic heterocycles. The third kappa shape index (κ3) is 4.75. The van der Waals surface area contributed by atoms with Crippen LogP contribution in [0.2, 0.25) is 0 Å². The lowest BCUT2D eigenvalue weighted by Gasteiger charge is -2.17. The Hall–Kier alpha value is -2.09. The molecule has 0 unspecified atom stereocenters. The lowest BCUT2D eigenvalue weighted by molar-refractivity contribution is -0.156. The number of rotatable bonds is 0. The summed E-state index contributed by atoms with van der Waals surface area (Å²) in [6.45, 7) is 2.22. The number of ether oxygens (including phenoxy) is 1. The van der Waals surface area contributed by atoms with Crippen molar-refractivity contribution in [3.05, 3.63) is 23.8 Å². The summed E-state index contributed by atoms with van der Waals surface area (Å²) in [6, 6.07) is 5.16. The number of fused-ring (bicyclic) bond motifs is 1. The van der Waals surface area contributed by atoms with E-state index in [0.29, 0.717) is 0 Å². The fraction of sp³-hybridized carbons (Fsp3) is 0.385. The summed E-state index contributed by atoms with van der Waals surface area (Å²) in [6.07, 6.45) is -5.70. The molecule has 1 aliphatic rings. The number of benzene rings is 1. The van der Waals surface area contributed by atoms with Gasteiger partial charge in [-0.3, -0.25) is 9.59 Å². The van der Waals surface area contributed by atoms with E-state index in [2.05, 4.69) is 0 Å². The molecule has 0 radical (unpaired) electrons. The molecule has 0 saturated carbocycles. The second-order valence-corrected chi connectivity index (χ2v) is 4.45. The number of alkyl halides is 3. The zero-order valence-electron chi connectivity index (χ0n) is 11.5. The molecule has 8 heteroatoms. The Balaban J connectivity index is 0.000000315. The van der Waals surface area contributed by atoms with E-state index < -0.39 is 18.5 Å². The van der Waals surface area contributed by atoms with E-state index in [9.17, 15) is 18.0 Å². The molecule has 5 nitrogen and oxygen atoms in total. The van der Waals surface area contributed by atoms with Crippen molar-refractivity contribution in [1.82, 2.24) is 0 Å². The number of anilines is 1. The zero-order chi connectivity index (χ0) is 16.2. The Morgan fingerprint density at radius 3 is 2.52 bits per heavy atom. The molecule has 0 fully saturated rings. The van der Waals surface area contributed by atoms with Crippen LogP contribution in [0.25, 0.3) is 0 Å². The number of nitrogens with zero attached hydrogens (tertiary/aromatic N) is 1. The van der Waals surface area contributed by atoms with Crippen LogP contribution in [0.4, 0.5) is 18.9 Å². The van der Waals surface area contributed by atoms with Crippen molar-refractivity contribution in [3.8, 4) is 5.75 Å². The number of carbonyl (C=O) groups is 2. The summed E-state index contributed by atoms with van der Waals surface area (Å²) >= 11 is 0. The van der Waals surface area contributed by atoms with E-state index >= 15 is 0 Å². The number of nitrogens with two attached hydrogens (primary N) is 1. The minimum atomic E-state index is -4.64. The van der Waals surface area contributed by atoms with E-state index in [0.717, 1.165) is 17.0 Å². The first kappa shape index (κ1) is 17.0. The fourth-order valence-electron chi connectivity index (χ4n) is 1.63. The highest BCUT2D eigenvalue weighted by Gasteiger charge is 2.26. The average molecular weight is 304 g/mol. The van der Waals surface area contributed by atoms with Gasteiger partial charge in [0.25, 0.3) is 0 Å². The molecule has 1 aromatic rings. The number of halogens is 3. The van der Waals surface area contributed by atoms with Gasteiger partial charge < -0.3 is 15.4 Å². The number of carbonyl (C=O) groups excluding carboxylic acids is 2. The van der Waals surface area contributed by atoms with Gasteiger partial charge in [0.15, 0.2) is 0 Å². The van der Waals surface area contributed by atoms with Crippen molar-refractivity contribution in [3.63, 3.8) is 0 Å². The SMILES string of the molecule is Cc1ccc2c(c1)OC[C@H](N)C(=O)N2C.O=CC(F)(F)F. The first-order chi connectivity index (χ1) is 9.65. The van der Waals surface area contributed by atoms with Crippen LogP contribution in [-0.4, -0.2) is 38.1 Å². The highest BCUT2D eigenvalue weighted by molar-refractivity contribution is 5.98. The number of hydrogen-bond donors (Lipinski definition) is 1. The predicted molar refractivity (Wildman–Crippen MR) is 70.2 cm³/mol. The van der Waals surface area contributed by atoms with Crippen LogP contribution in [0.5, 0.6) is 5.75 Å². The van der Waals surface area contributed by atoms with Crippen molar-refractivity contribution < 1.29 is 27.5 Å². The molecule has 2 N–H and O–H groups in total. The quantitative estimate of drug-likeness (QED) is 0.736. The maximum atomic E-state index is 11.7. The normalized spacial score (nSPS) is 17.9. The second kappa shape index (κ2) is 6.57. The molecule has 1 heterocycles. The highest BCUT2D eigenvalue weighted by Crippen LogP contribution is 2.30. The van der Waals surface area contributed by atoms with Crippen LogP contribution in [-0.2, 0) is 9.59 Å². The Kier molecular flexibility index (Phi) is 5.31. The van der Waals surface area contributed by atoms with Crippen molar-refractivity contribution >= 4 is 17.9 Å². The summed E-state index contributed by atoms with van der Waals surface area (Å²) in [5.41, 5.74) is 7.55. The van der Waals surface area contributed by atoms with Gasteiger partial charge in [0.05, 0.1) is 5.69 Å². The van der Waals surface area contributed by atoms with Crippen molar-refractivity contribution in [2.24, 2.45) is 5.73 Å². The lowest BCUT2D eigenvalue weighted by Crippen LogP contribution is -2.43. The molecule has 1 aromatic carbocycles. The zero-order valence-corrected chi connectivity index (χ0v) is 11.5. The molecule has 1 aliphatic heterocycles. The van der Waals surface area contributed by atoms with Crippen molar-refractivity contribution in [2.75, 3.05) is 18.6 Å². The number of aldehydes is 1. The maximum Gasteiger partial charge on any atom is 0.446 e. The van der Waals surface area contributed by atoms with Gasteiger partial charge in [0, 0.05) is 7.05 Å². The minimum absolute atomic E-state index is 0.113. The van der Waals surface area contributed by atoms with Gasteiger partial charge in [-0.05, 0) is 24.6 Å². The Bertz CT molecular complexity index is 532. The predicted octanol–water partition coefficient (Wildman–Crippen LogP) is 1.43. The summed E-state index contributed by atoms with van der Waals surface area (Å²) in [4.78, 5) is 22.0. The minimum Gasteiger partial charge on any atom is -0.489 e. The lowest BCUT2D eigenvalue weighted by atomic mass is 10.2. The van der Waals surface area contributed by atoms with Crippen LogP contribution < -0.4 is 15.4 Å². The molecular formula is C13H15F3N2O3. The van der Waals surface area contributed by atoms with E-state index in [-0.39, 0.29) is 12.5 Å². The summed E-state index contributed by atoms with van der Waals surface area (Å²) in [5, 5.41) is 0. The molecule has 2 rings (SSSR count). The van der Waals surface area contributed by atoms with Crippen LogP contribution in [0, 0.1) is 6.92 Å². The fourth-order valence-corrected chi connectivity index (χ4v) is 1.63. The maximum absolute atomic E-state index is 11.7. The number of amides is 1. The number of hydrogen-bond acceptors (Lipinski definition) is 4. The number of aryl methyl sites for hydroxylation is 1. The average Bonchev–Trinajstić information content (AvgIpc) is 2.52. The largest absolute Gasteiger partial charge is 0.489 e. The standard InChI is InChI=1S/C11H14N2O2.C2HF3O/c1-7-3-4-9-10(5-7)15-6-8(12)11(14)13(9)2;3-2(4,5)1-6/h3-5,8H,6,12H2,1-2H3;1H/t8-;/m0./s1. The van der Waals surface area contributed by atoms with Gasteiger partial charge in [0.2, 0.25) is 12.2 Å². The van der Waals surface area contributed by atoms with Gasteiger partial charge in [0.1, 0.15) is 18.4 Å². The molecule has 0 aliphatic carbocycles. The third-order valence-electron chi connectivity index (χ3n) is 2.68. The summed E-state index contributed by atoms with van der Waals surface area (Å²) in [5.74, 6) is 0.608. The van der Waals surface area contributed by atoms with Crippen molar-refractivity contribution in [2.45, 2.75) is 19.1 Å². The van der Waals surface area contributed by atoms with Crippen LogP contribution in [0.1, 0.15) is 5.56 Å². The Morgan fingerprint density at radius 2 is 2.00 bits per heavy atom. The van der Waals surface area contributed by atoms with Gasteiger partial charge in [-0.25, -0.2) is 0 Å². The Labute approximate surface area is 119 Å². The first-order valence-corrected chi connectivity index (χ1v) is 5.95. The molecule has 0 spiro atoms. The molecule has 0 saturated heterocycles. The van der Waals surface area contributed by atoms with Gasteiger partial charge in [-0.2, -0.15) is 13.2 Å². The monoisotopic (exact) mass is 304 g/mol. The van der Waals surface area contributed by atoms with Crippen molar-refractivity contribution in [1.29, 1.82) is 0 Å². The van der Waals surface area contributed by atoms with Gasteiger partial charge >= 0.3 is 6.18 Å². The highest BCUT2D eigenvalue weighted by atomic mass is 19.4. The van der Waals surface area contributed by atoms with E-state index in [1.54, 1.807) is 11.9 Å². The third-order valence-corrected chi connectivity index (χ3v) is 2.68. The van der Waals surface area contributed by atoms with Gasteiger partial charge in [-0.1, -0.05) is 6.07 Å². The van der Waals surface area contributed by atoms with Gasteiger partial charge in [-0.15, -0.1) is 0 Å². The summed E-state index contributed by atoms with van der Waals surface area (Å²) in [7, 11) is 1.71. The molecule has 116 valence electrons. The molecular weight excluding hydrogens is 289 g/mol. The molecule has 21 heavy (non-hydrogen) atoms. The molecule has 0 bridgehead atoms. The van der Waals surface area contributed by atoms with E-state index in [4.69, 9.17) is 15.3 Å². The molecule has 1 atom stereocenters. The van der Waals surface area contributed by atoms with E-state index in [1.165, 1.54) is 0 Å². The molecule has 1 amide bonds. The first-order valence-electron chi connectivity index (χ1n) is 5.95. The smallest absolute Gasteiger partial charge is 0.446 e. The van der Waals surface area contributed by atoms with Crippen LogP contribution >= 0.6 is 0 Å². The van der Waals surface area contributed by atoms with Crippen LogP contribution in [0.3, 0.4) is 0 Å². The Morgan fingerprint density at radius 1 is 1.43 bits per heavy atom. The number of likely N-dealkylation sites (N-methyl/N-ethyl adjacent to an activating group) is 1. The van der Waals surface area contributed by atoms with E-state index in [1.807, 2.05) is 25.1 Å². The second-order valence-electron chi connectivity index (χ2n) is 4.45. The summed E-state index contributed by atoms with van der Waals surface area (Å²) < 4.78 is 36.7. The topological polar surface area (TPSA) is 72.6 Å². The van der Waals surface area contributed by atoms with Crippen LogP contribution in [0.15, 0.2) is 18.2 Å².